The van der Waals surface area contributed by atoms with E-state index in [0.717, 1.165) is 71.7 Å². The molecule has 0 spiro atoms. The lowest BCUT2D eigenvalue weighted by Crippen LogP contribution is -2.46. The van der Waals surface area contributed by atoms with Crippen molar-refractivity contribution in [3.63, 3.8) is 0 Å². The van der Waals surface area contributed by atoms with Gasteiger partial charge in [0.1, 0.15) is 18.1 Å². The van der Waals surface area contributed by atoms with E-state index in [-0.39, 0.29) is 29.9 Å². The van der Waals surface area contributed by atoms with Crippen LogP contribution in [0.1, 0.15) is 43.2 Å². The molecule has 1 saturated carbocycles. The maximum Gasteiger partial charge on any atom is 0.248 e. The zero-order valence-corrected chi connectivity index (χ0v) is 25.0. The molecule has 4 aromatic rings. The number of aliphatic hydroxyl groups excluding tert-OH is 1. The summed E-state index contributed by atoms with van der Waals surface area (Å²) in [5.74, 6) is 0.573. The monoisotopic (exact) mass is 602 g/mol. The second-order valence-electron chi connectivity index (χ2n) is 11.6. The van der Waals surface area contributed by atoms with Crippen molar-refractivity contribution < 1.29 is 23.8 Å². The second-order valence-corrected chi connectivity index (χ2v) is 12.6. The van der Waals surface area contributed by atoms with Crippen molar-refractivity contribution in [1.29, 1.82) is 0 Å². The normalized spacial score (nSPS) is 16.0. The summed E-state index contributed by atoms with van der Waals surface area (Å²) in [6, 6.07) is 12.7. The molecule has 3 aromatic heterocycles. The van der Waals surface area contributed by atoms with Gasteiger partial charge in [0.05, 0.1) is 20.8 Å². The average molecular weight is 603 g/mol. The van der Waals surface area contributed by atoms with E-state index in [1.54, 1.807) is 36.3 Å². The van der Waals surface area contributed by atoms with Gasteiger partial charge in [-0.3, -0.25) is 24.5 Å². The van der Waals surface area contributed by atoms with Crippen molar-refractivity contribution in [2.45, 2.75) is 51.1 Å². The molecule has 43 heavy (non-hydrogen) atoms. The van der Waals surface area contributed by atoms with Crippen LogP contribution in [-0.2, 0) is 22.6 Å². The molecule has 1 amide bonds. The highest BCUT2D eigenvalue weighted by atomic mass is 32.1. The number of hydrogen-bond acceptors (Lipinski definition) is 8. The van der Waals surface area contributed by atoms with Crippen LogP contribution in [-0.4, -0.2) is 69.4 Å². The first-order valence-electron chi connectivity index (χ1n) is 14.8. The molecule has 1 aliphatic heterocycles. The van der Waals surface area contributed by atoms with Crippen LogP contribution >= 0.6 is 11.3 Å². The van der Waals surface area contributed by atoms with E-state index in [1.165, 1.54) is 17.4 Å². The van der Waals surface area contributed by atoms with E-state index in [4.69, 9.17) is 14.8 Å². The first kappa shape index (κ1) is 29.3. The van der Waals surface area contributed by atoms with Gasteiger partial charge in [-0.25, -0.2) is 4.39 Å². The van der Waals surface area contributed by atoms with Gasteiger partial charge in [-0.2, -0.15) is 0 Å². The molecule has 8 nitrogen and oxygen atoms in total. The van der Waals surface area contributed by atoms with Crippen molar-refractivity contribution >= 4 is 33.2 Å². The average Bonchev–Trinajstić information content (AvgIpc) is 3.72. The Hall–Kier alpha value is -3.73. The minimum Gasteiger partial charge on any atom is -0.453 e. The van der Waals surface area contributed by atoms with Gasteiger partial charge < -0.3 is 14.7 Å². The zero-order chi connectivity index (χ0) is 29.9. The Morgan fingerprint density at radius 3 is 2.53 bits per heavy atom. The summed E-state index contributed by atoms with van der Waals surface area (Å²) in [5, 5.41) is 9.12. The third kappa shape index (κ3) is 7.09. The molecule has 1 aromatic carbocycles. The molecule has 0 unspecified atom stereocenters. The molecular weight excluding hydrogens is 567 g/mol. The fourth-order valence-corrected chi connectivity index (χ4v) is 6.66. The van der Waals surface area contributed by atoms with Gasteiger partial charge in [0.15, 0.2) is 11.6 Å². The molecule has 224 valence electrons. The SMILES string of the molecule is CN(C(=O)CO)C1CCN(Cc2ccc(-c3cc4nccc(Oc5ccc(CC(=O)CC6CC6)cc5F)c4s3)nc2)CC1. The molecule has 4 heterocycles. The molecule has 6 rings (SSSR count). The Morgan fingerprint density at radius 1 is 1.05 bits per heavy atom. The quantitative estimate of drug-likeness (QED) is 0.238. The van der Waals surface area contributed by atoms with E-state index in [9.17, 15) is 14.0 Å². The van der Waals surface area contributed by atoms with Crippen molar-refractivity contribution in [1.82, 2.24) is 19.8 Å². The van der Waals surface area contributed by atoms with Crippen molar-refractivity contribution in [2.75, 3.05) is 26.7 Å². The van der Waals surface area contributed by atoms with Gasteiger partial charge in [0, 0.05) is 64.0 Å². The number of pyridine rings is 2. The number of aliphatic hydroxyl groups is 1. The minimum absolute atomic E-state index is 0.110. The summed E-state index contributed by atoms with van der Waals surface area (Å²) in [4.78, 5) is 38.1. The third-order valence-electron chi connectivity index (χ3n) is 8.32. The van der Waals surface area contributed by atoms with Gasteiger partial charge in [-0.05, 0) is 67.0 Å². The highest BCUT2D eigenvalue weighted by Crippen LogP contribution is 2.39. The number of amides is 1. The topological polar surface area (TPSA) is 95.9 Å². The van der Waals surface area contributed by atoms with Crippen LogP contribution in [0.3, 0.4) is 0 Å². The first-order valence-corrected chi connectivity index (χ1v) is 15.6. The lowest BCUT2D eigenvalue weighted by Gasteiger charge is -2.36. The van der Waals surface area contributed by atoms with Crippen LogP contribution in [0.5, 0.6) is 11.5 Å². The molecule has 1 aliphatic carbocycles. The highest BCUT2D eigenvalue weighted by Gasteiger charge is 2.26. The number of halogens is 1. The van der Waals surface area contributed by atoms with Crippen molar-refractivity contribution in [3.8, 4) is 22.1 Å². The van der Waals surface area contributed by atoms with Gasteiger partial charge in [-0.15, -0.1) is 11.3 Å². The Labute approximate surface area is 254 Å². The number of Topliss-reactive ketones (excluding diaryl/α,β-unsaturated/α-hetero) is 1. The predicted octanol–water partition coefficient (Wildman–Crippen LogP) is 5.62. The Kier molecular flexibility index (Phi) is 8.78. The van der Waals surface area contributed by atoms with E-state index >= 15 is 0 Å². The first-order chi connectivity index (χ1) is 20.9. The van der Waals surface area contributed by atoms with Crippen LogP contribution in [0.15, 0.2) is 54.9 Å². The molecule has 10 heteroatoms. The predicted molar refractivity (Wildman–Crippen MR) is 164 cm³/mol. The van der Waals surface area contributed by atoms with Gasteiger partial charge >= 0.3 is 0 Å². The van der Waals surface area contributed by atoms with Gasteiger partial charge in [-0.1, -0.05) is 12.1 Å². The number of carbonyl (C=O) groups is 2. The van der Waals surface area contributed by atoms with Crippen LogP contribution in [0.2, 0.25) is 0 Å². The molecule has 2 aliphatic rings. The summed E-state index contributed by atoms with van der Waals surface area (Å²) in [5.41, 5.74) is 3.35. The van der Waals surface area contributed by atoms with E-state index in [2.05, 4.69) is 16.0 Å². The number of aromatic nitrogens is 2. The molecule has 2 fully saturated rings. The number of ether oxygens (including phenoxy) is 1. The van der Waals surface area contributed by atoms with Crippen LogP contribution in [0.25, 0.3) is 20.8 Å². The number of nitrogens with zero attached hydrogens (tertiary/aromatic N) is 4. The number of likely N-dealkylation sites (N-methyl/N-ethyl adjacent to an activating group) is 1. The number of fused-ring (bicyclic) bond motifs is 1. The van der Waals surface area contributed by atoms with Crippen molar-refractivity contribution in [2.24, 2.45) is 5.92 Å². The summed E-state index contributed by atoms with van der Waals surface area (Å²) in [6.45, 7) is 2.09. The van der Waals surface area contributed by atoms with E-state index < -0.39 is 12.4 Å². The largest absolute Gasteiger partial charge is 0.453 e. The van der Waals surface area contributed by atoms with E-state index in [0.29, 0.717) is 23.7 Å². The number of thiophene rings is 1. The molecule has 1 N–H and O–H groups in total. The number of likely N-dealkylation sites (tertiary alicyclic amines) is 1. The van der Waals surface area contributed by atoms with Gasteiger partial charge in [0.2, 0.25) is 5.91 Å². The maximum atomic E-state index is 15.0. The van der Waals surface area contributed by atoms with Crippen LogP contribution in [0, 0.1) is 11.7 Å². The minimum atomic E-state index is -0.495. The molecule has 1 saturated heterocycles. The number of carbonyl (C=O) groups excluding carboxylic acids is 2. The summed E-state index contributed by atoms with van der Waals surface area (Å²) >= 11 is 1.50. The Balaban J connectivity index is 1.09. The summed E-state index contributed by atoms with van der Waals surface area (Å²) in [6.07, 6.45) is 8.37. The second kappa shape index (κ2) is 12.9. The third-order valence-corrected chi connectivity index (χ3v) is 9.48. The fraction of sp³-hybridized carbons (Fsp3) is 0.394. The number of benzene rings is 1. The Bertz CT molecular complexity index is 1610. The molecular formula is C33H35FN4O4S. The zero-order valence-electron chi connectivity index (χ0n) is 24.2. The fourth-order valence-electron chi connectivity index (χ4n) is 5.62. The highest BCUT2D eigenvalue weighted by molar-refractivity contribution is 7.22. The number of rotatable bonds is 11. The molecule has 0 bridgehead atoms. The Morgan fingerprint density at radius 2 is 1.84 bits per heavy atom. The smallest absolute Gasteiger partial charge is 0.248 e. The van der Waals surface area contributed by atoms with Gasteiger partial charge in [0.25, 0.3) is 0 Å². The van der Waals surface area contributed by atoms with Crippen LogP contribution < -0.4 is 4.74 Å². The number of hydrogen-bond donors (Lipinski definition) is 1. The standard InChI is InChI=1S/C33H35FN4O4S/c1-37(32(41)20-39)24-9-12-38(13-10-24)19-23-4-6-27(36-18-23)31-17-28-33(43-31)30(8-11-35-28)42-29-7-5-22(16-26(29)34)15-25(40)14-21-2-3-21/h4-8,11,16-18,21,24,39H,2-3,9-10,12-15,19-20H2,1H3. The van der Waals surface area contributed by atoms with Crippen molar-refractivity contribution in [3.05, 3.63) is 71.8 Å². The lowest BCUT2D eigenvalue weighted by molar-refractivity contribution is -0.135. The van der Waals surface area contributed by atoms with Crippen LogP contribution in [0.4, 0.5) is 4.39 Å². The summed E-state index contributed by atoms with van der Waals surface area (Å²) in [7, 11) is 1.76. The lowest BCUT2D eigenvalue weighted by atomic mass is 10.0. The molecule has 0 atom stereocenters. The number of ketones is 1. The molecule has 0 radical (unpaired) electrons. The maximum absolute atomic E-state index is 15.0. The van der Waals surface area contributed by atoms with E-state index in [1.807, 2.05) is 18.3 Å². The summed E-state index contributed by atoms with van der Waals surface area (Å²) < 4.78 is 21.8. The number of piperidine rings is 1.